The van der Waals surface area contributed by atoms with E-state index in [0.29, 0.717) is 47.7 Å². The van der Waals surface area contributed by atoms with Gasteiger partial charge in [0, 0.05) is 21.1 Å². The van der Waals surface area contributed by atoms with Crippen LogP contribution in [0.3, 0.4) is 0 Å². The molecular formula is C27H19BrCl2N2O4S. The average molecular weight is 618 g/mol. The van der Waals surface area contributed by atoms with E-state index < -0.39 is 12.0 Å². The summed E-state index contributed by atoms with van der Waals surface area (Å²) in [4.78, 5) is 31.7. The lowest BCUT2D eigenvalue weighted by atomic mass is 9.96. The number of hydrogen-bond donors (Lipinski definition) is 0. The topological polar surface area (TPSA) is 73.8 Å². The molecule has 0 unspecified atom stereocenters. The molecule has 1 atom stereocenters. The van der Waals surface area contributed by atoms with Crippen LogP contribution in [0.15, 0.2) is 84.5 Å². The van der Waals surface area contributed by atoms with Gasteiger partial charge < -0.3 is 9.15 Å². The molecule has 4 aromatic rings. The van der Waals surface area contributed by atoms with Crippen LogP contribution in [0.4, 0.5) is 0 Å². The van der Waals surface area contributed by atoms with E-state index in [1.54, 1.807) is 50.3 Å². The first-order valence-corrected chi connectivity index (χ1v) is 13.6. The van der Waals surface area contributed by atoms with Gasteiger partial charge in [0.15, 0.2) is 4.80 Å². The number of carbonyl (C=O) groups excluding carboxylic acids is 1. The summed E-state index contributed by atoms with van der Waals surface area (Å²) in [6, 6.07) is 15.5. The van der Waals surface area contributed by atoms with Crippen LogP contribution < -0.4 is 14.9 Å². The smallest absolute Gasteiger partial charge is 0.338 e. The van der Waals surface area contributed by atoms with Crippen molar-refractivity contribution >= 4 is 62.5 Å². The summed E-state index contributed by atoms with van der Waals surface area (Å²) in [5.41, 5.74) is 1.98. The highest BCUT2D eigenvalue weighted by Gasteiger charge is 2.33. The van der Waals surface area contributed by atoms with Gasteiger partial charge in [0.25, 0.3) is 5.56 Å². The van der Waals surface area contributed by atoms with E-state index in [-0.39, 0.29) is 12.2 Å². The number of ether oxygens (including phenoxy) is 1. The van der Waals surface area contributed by atoms with Crippen molar-refractivity contribution in [2.75, 3.05) is 6.61 Å². The van der Waals surface area contributed by atoms with Gasteiger partial charge in [-0.25, -0.2) is 9.79 Å². The van der Waals surface area contributed by atoms with Gasteiger partial charge in [-0.05, 0) is 61.9 Å². The maximum Gasteiger partial charge on any atom is 0.338 e. The number of thiazole rings is 1. The summed E-state index contributed by atoms with van der Waals surface area (Å²) < 4.78 is 14.1. The number of allylic oxidation sites excluding steroid dienone is 1. The largest absolute Gasteiger partial charge is 0.463 e. The molecule has 188 valence electrons. The lowest BCUT2D eigenvalue weighted by molar-refractivity contribution is -0.139. The van der Waals surface area contributed by atoms with E-state index >= 15 is 0 Å². The van der Waals surface area contributed by atoms with Crippen molar-refractivity contribution in [3.05, 3.63) is 111 Å². The van der Waals surface area contributed by atoms with E-state index in [2.05, 4.69) is 20.9 Å². The molecule has 2 aromatic carbocycles. The highest BCUT2D eigenvalue weighted by molar-refractivity contribution is 9.10. The second-order valence-electron chi connectivity index (χ2n) is 8.18. The fourth-order valence-electron chi connectivity index (χ4n) is 4.14. The maximum atomic E-state index is 13.7. The molecule has 0 spiro atoms. The zero-order valence-corrected chi connectivity index (χ0v) is 23.5. The van der Waals surface area contributed by atoms with Crippen LogP contribution in [0.5, 0.6) is 0 Å². The van der Waals surface area contributed by atoms with Gasteiger partial charge in [-0.15, -0.1) is 0 Å². The predicted octanol–water partition coefficient (Wildman–Crippen LogP) is 6.13. The molecule has 37 heavy (non-hydrogen) atoms. The van der Waals surface area contributed by atoms with Crippen molar-refractivity contribution < 1.29 is 13.9 Å². The molecule has 0 saturated heterocycles. The van der Waals surface area contributed by atoms with Crippen molar-refractivity contribution in [1.82, 2.24) is 4.57 Å². The Morgan fingerprint density at radius 2 is 1.95 bits per heavy atom. The number of hydrogen-bond acceptors (Lipinski definition) is 6. The Bertz CT molecular complexity index is 1730. The predicted molar refractivity (Wildman–Crippen MR) is 149 cm³/mol. The summed E-state index contributed by atoms with van der Waals surface area (Å²) in [7, 11) is 0. The third-order valence-electron chi connectivity index (χ3n) is 5.80. The van der Waals surface area contributed by atoms with Crippen LogP contribution in [0.2, 0.25) is 10.0 Å². The number of nitrogens with zero attached hydrogens (tertiary/aromatic N) is 2. The molecular weight excluding hydrogens is 599 g/mol. The van der Waals surface area contributed by atoms with E-state index in [1.807, 2.05) is 24.3 Å². The Balaban J connectivity index is 1.64. The van der Waals surface area contributed by atoms with Crippen molar-refractivity contribution in [3.8, 4) is 11.3 Å². The van der Waals surface area contributed by atoms with Gasteiger partial charge >= 0.3 is 5.97 Å². The second-order valence-corrected chi connectivity index (χ2v) is 10.9. The summed E-state index contributed by atoms with van der Waals surface area (Å²) in [6.07, 6.45) is 1.66. The highest BCUT2D eigenvalue weighted by atomic mass is 79.9. The molecule has 10 heteroatoms. The molecule has 0 radical (unpaired) electrons. The quantitative estimate of drug-likeness (QED) is 0.253. The van der Waals surface area contributed by atoms with Gasteiger partial charge in [0.2, 0.25) is 0 Å². The Morgan fingerprint density at radius 3 is 2.68 bits per heavy atom. The fraction of sp³-hybridized carbons (Fsp3) is 0.148. The van der Waals surface area contributed by atoms with Gasteiger partial charge in [-0.1, -0.05) is 62.6 Å². The molecule has 0 aliphatic carbocycles. The fourth-order valence-corrected chi connectivity index (χ4v) is 5.82. The molecule has 6 nitrogen and oxygen atoms in total. The molecule has 1 aliphatic rings. The highest BCUT2D eigenvalue weighted by Crippen LogP contribution is 2.33. The standard InChI is InChI=1S/C27H19BrCl2N2O4S/c1-3-35-26(34)23-14(2)31-27-32(24(23)15-4-6-16(28)7-5-15)25(33)22(37-27)13-18-9-11-21(36-18)19-12-17(29)8-10-20(19)30/h4-13,24H,3H2,1-2H3/b22-13-/t24-/m1/s1. The summed E-state index contributed by atoms with van der Waals surface area (Å²) in [6.45, 7) is 3.71. The number of aromatic nitrogens is 1. The first-order valence-electron chi connectivity index (χ1n) is 11.3. The molecule has 0 fully saturated rings. The van der Waals surface area contributed by atoms with Gasteiger partial charge in [-0.3, -0.25) is 9.36 Å². The van der Waals surface area contributed by atoms with Crippen LogP contribution >= 0.6 is 50.5 Å². The molecule has 0 bridgehead atoms. The third-order valence-corrected chi connectivity index (χ3v) is 7.87. The van der Waals surface area contributed by atoms with Crippen molar-refractivity contribution in [2.45, 2.75) is 19.9 Å². The first-order chi connectivity index (χ1) is 17.8. The number of furan rings is 1. The SMILES string of the molecule is CCOC(=O)C1=C(C)N=c2s/c(=C\c3ccc(-c4cc(Cl)ccc4Cl)o3)c(=O)n2[C@@H]1c1ccc(Br)cc1. The Kier molecular flexibility index (Phi) is 7.27. The van der Waals surface area contributed by atoms with E-state index in [4.69, 9.17) is 32.4 Å². The normalized spacial score (nSPS) is 15.5. The Hall–Kier alpha value is -2.91. The van der Waals surface area contributed by atoms with Crippen molar-refractivity contribution in [2.24, 2.45) is 4.99 Å². The zero-order valence-electron chi connectivity index (χ0n) is 19.6. The lowest BCUT2D eigenvalue weighted by Crippen LogP contribution is -2.39. The zero-order chi connectivity index (χ0) is 26.3. The monoisotopic (exact) mass is 616 g/mol. The number of carbonyl (C=O) groups is 1. The minimum Gasteiger partial charge on any atom is -0.463 e. The average Bonchev–Trinajstić information content (AvgIpc) is 3.45. The molecule has 5 rings (SSSR count). The number of benzene rings is 2. The van der Waals surface area contributed by atoms with Crippen LogP contribution in [0, 0.1) is 0 Å². The summed E-state index contributed by atoms with van der Waals surface area (Å²) >= 11 is 17.1. The number of halogens is 3. The molecule has 3 heterocycles. The lowest BCUT2D eigenvalue weighted by Gasteiger charge is -2.24. The van der Waals surface area contributed by atoms with Gasteiger partial charge in [0.05, 0.1) is 33.5 Å². The third kappa shape index (κ3) is 4.99. The summed E-state index contributed by atoms with van der Waals surface area (Å²) in [5, 5.41) is 1.03. The van der Waals surface area contributed by atoms with Crippen LogP contribution in [0.1, 0.15) is 31.2 Å². The molecule has 0 saturated carbocycles. The summed E-state index contributed by atoms with van der Waals surface area (Å²) in [5.74, 6) is 0.498. The Morgan fingerprint density at radius 1 is 1.19 bits per heavy atom. The second kappa shape index (κ2) is 10.5. The van der Waals surface area contributed by atoms with Gasteiger partial charge in [-0.2, -0.15) is 0 Å². The maximum absolute atomic E-state index is 13.7. The number of rotatable bonds is 5. The molecule has 0 amide bonds. The van der Waals surface area contributed by atoms with E-state index in [9.17, 15) is 9.59 Å². The van der Waals surface area contributed by atoms with E-state index in [0.717, 1.165) is 10.0 Å². The van der Waals surface area contributed by atoms with Gasteiger partial charge in [0.1, 0.15) is 11.5 Å². The van der Waals surface area contributed by atoms with Crippen LogP contribution in [-0.2, 0) is 9.53 Å². The molecule has 2 aromatic heterocycles. The number of fused-ring (bicyclic) bond motifs is 1. The minimum absolute atomic E-state index is 0.213. The Labute approximate surface area is 234 Å². The molecule has 0 N–H and O–H groups in total. The first kappa shape index (κ1) is 25.7. The van der Waals surface area contributed by atoms with Crippen molar-refractivity contribution in [3.63, 3.8) is 0 Å². The van der Waals surface area contributed by atoms with E-state index in [1.165, 1.54) is 15.9 Å². The minimum atomic E-state index is -0.678. The van der Waals surface area contributed by atoms with Crippen LogP contribution in [0.25, 0.3) is 17.4 Å². The number of esters is 1. The van der Waals surface area contributed by atoms with Crippen molar-refractivity contribution in [1.29, 1.82) is 0 Å². The van der Waals surface area contributed by atoms with Crippen LogP contribution in [-0.4, -0.2) is 17.1 Å². The molecule has 1 aliphatic heterocycles.